The van der Waals surface area contributed by atoms with E-state index in [0.29, 0.717) is 6.04 Å². The maximum absolute atomic E-state index is 9.47. The molecule has 0 aliphatic heterocycles. The van der Waals surface area contributed by atoms with Crippen LogP contribution in [-0.2, 0) is 4.74 Å². The number of ether oxygens (including phenoxy) is 1. The van der Waals surface area contributed by atoms with Gasteiger partial charge >= 0.3 is 0 Å². The molecule has 0 saturated heterocycles. The Bertz CT molecular complexity index is 197. The van der Waals surface area contributed by atoms with Crippen LogP contribution in [0.2, 0.25) is 0 Å². The average molecular weight is 230 g/mol. The Morgan fingerprint density at radius 1 is 1.50 bits per heavy atom. The van der Waals surface area contributed by atoms with Crippen LogP contribution in [0.5, 0.6) is 0 Å². The molecular weight excluding hydrogens is 204 g/mol. The van der Waals surface area contributed by atoms with Gasteiger partial charge in [0, 0.05) is 26.2 Å². The molecule has 2 N–H and O–H groups in total. The van der Waals surface area contributed by atoms with E-state index in [2.05, 4.69) is 24.1 Å². The molecular formula is C12H26N2O2. The lowest BCUT2D eigenvalue weighted by Crippen LogP contribution is -2.54. The number of hydrogen-bond donors (Lipinski definition) is 2. The lowest BCUT2D eigenvalue weighted by Gasteiger charge is -2.35. The molecule has 1 saturated carbocycles. The molecule has 1 rings (SSSR count). The second-order valence-electron chi connectivity index (χ2n) is 4.94. The quantitative estimate of drug-likeness (QED) is 0.604. The number of hydrogen-bond acceptors (Lipinski definition) is 4. The van der Waals surface area contributed by atoms with Gasteiger partial charge in [0.2, 0.25) is 0 Å². The summed E-state index contributed by atoms with van der Waals surface area (Å²) >= 11 is 0. The van der Waals surface area contributed by atoms with Gasteiger partial charge in [0.1, 0.15) is 0 Å². The van der Waals surface area contributed by atoms with Gasteiger partial charge in [-0.15, -0.1) is 0 Å². The zero-order chi connectivity index (χ0) is 12.0. The van der Waals surface area contributed by atoms with Gasteiger partial charge < -0.3 is 15.2 Å². The Hall–Kier alpha value is -0.160. The van der Waals surface area contributed by atoms with E-state index in [0.717, 1.165) is 26.2 Å². The normalized spacial score (nSPS) is 20.1. The zero-order valence-corrected chi connectivity index (χ0v) is 10.8. The summed E-state index contributed by atoms with van der Waals surface area (Å²) in [5.41, 5.74) is -0.189. The maximum Gasteiger partial charge on any atom is 0.0623 e. The highest BCUT2D eigenvalue weighted by molar-refractivity contribution is 4.92. The molecule has 0 aromatic heterocycles. The topological polar surface area (TPSA) is 44.7 Å². The largest absolute Gasteiger partial charge is 0.394 e. The first-order chi connectivity index (χ1) is 7.65. The van der Waals surface area contributed by atoms with Gasteiger partial charge in [0.15, 0.2) is 0 Å². The minimum Gasteiger partial charge on any atom is -0.394 e. The van der Waals surface area contributed by atoms with E-state index in [1.54, 1.807) is 7.11 Å². The van der Waals surface area contributed by atoms with Crippen LogP contribution in [-0.4, -0.2) is 61.5 Å². The van der Waals surface area contributed by atoms with Crippen molar-refractivity contribution in [3.05, 3.63) is 0 Å². The van der Waals surface area contributed by atoms with Gasteiger partial charge in [-0.3, -0.25) is 4.90 Å². The molecule has 1 aliphatic rings. The van der Waals surface area contributed by atoms with Crippen LogP contribution in [0.3, 0.4) is 0 Å². The third kappa shape index (κ3) is 4.37. The molecule has 0 spiro atoms. The fourth-order valence-electron chi connectivity index (χ4n) is 2.08. The Labute approximate surface area is 99.0 Å². The van der Waals surface area contributed by atoms with Crippen LogP contribution in [0, 0.1) is 0 Å². The number of aliphatic hydroxyl groups is 1. The number of nitrogens with one attached hydrogen (secondary N) is 1. The number of aliphatic hydroxyl groups excluding tert-OH is 1. The molecule has 0 amide bonds. The summed E-state index contributed by atoms with van der Waals surface area (Å²) in [6, 6.07) is 0.708. The third-order valence-electron chi connectivity index (χ3n) is 3.15. The van der Waals surface area contributed by atoms with Crippen LogP contribution >= 0.6 is 0 Å². The summed E-state index contributed by atoms with van der Waals surface area (Å²) in [4.78, 5) is 2.43. The van der Waals surface area contributed by atoms with Crippen molar-refractivity contribution in [1.82, 2.24) is 10.2 Å². The Morgan fingerprint density at radius 3 is 2.62 bits per heavy atom. The first kappa shape index (κ1) is 13.9. The zero-order valence-electron chi connectivity index (χ0n) is 10.8. The molecule has 1 unspecified atom stereocenters. The number of rotatable bonds is 9. The van der Waals surface area contributed by atoms with E-state index in [9.17, 15) is 5.11 Å². The van der Waals surface area contributed by atoms with Crippen molar-refractivity contribution in [3.8, 4) is 0 Å². The van der Waals surface area contributed by atoms with Crippen LogP contribution < -0.4 is 5.32 Å². The molecule has 0 bridgehead atoms. The smallest absolute Gasteiger partial charge is 0.0623 e. The summed E-state index contributed by atoms with van der Waals surface area (Å²) < 4.78 is 5.13. The number of likely N-dealkylation sites (N-methyl/N-ethyl adjacent to an activating group) is 1. The molecule has 1 atom stereocenters. The minimum absolute atomic E-state index is 0.178. The van der Waals surface area contributed by atoms with E-state index in [-0.39, 0.29) is 12.1 Å². The van der Waals surface area contributed by atoms with Crippen LogP contribution in [0.4, 0.5) is 0 Å². The standard InChI is InChI=1S/C12H26N2O2/c1-4-13-12(2,10-15)9-14(7-8-16-3)11-5-6-11/h11,13,15H,4-10H2,1-3H3. The lowest BCUT2D eigenvalue weighted by atomic mass is 10.0. The second kappa shape index (κ2) is 6.55. The fraction of sp³-hybridized carbons (Fsp3) is 1.00. The molecule has 16 heavy (non-hydrogen) atoms. The molecule has 1 aliphatic carbocycles. The SMILES string of the molecule is CCNC(C)(CO)CN(CCOC)C1CC1. The maximum atomic E-state index is 9.47. The Balaban J connectivity index is 2.44. The summed E-state index contributed by atoms with van der Waals surface area (Å²) in [5.74, 6) is 0. The Morgan fingerprint density at radius 2 is 2.19 bits per heavy atom. The highest BCUT2D eigenvalue weighted by atomic mass is 16.5. The van der Waals surface area contributed by atoms with Crippen molar-refractivity contribution in [2.45, 2.75) is 38.3 Å². The fourth-order valence-corrected chi connectivity index (χ4v) is 2.08. The van der Waals surface area contributed by atoms with Gasteiger partial charge in [-0.05, 0) is 26.3 Å². The minimum atomic E-state index is -0.189. The van der Waals surface area contributed by atoms with Gasteiger partial charge in [-0.2, -0.15) is 0 Å². The van der Waals surface area contributed by atoms with Crippen molar-refractivity contribution in [3.63, 3.8) is 0 Å². The van der Waals surface area contributed by atoms with E-state index < -0.39 is 0 Å². The van der Waals surface area contributed by atoms with Crippen molar-refractivity contribution < 1.29 is 9.84 Å². The molecule has 0 aromatic rings. The first-order valence-corrected chi connectivity index (χ1v) is 6.24. The van der Waals surface area contributed by atoms with E-state index in [4.69, 9.17) is 4.74 Å². The molecule has 0 heterocycles. The molecule has 4 nitrogen and oxygen atoms in total. The van der Waals surface area contributed by atoms with Gasteiger partial charge in [-0.25, -0.2) is 0 Å². The summed E-state index contributed by atoms with van der Waals surface area (Å²) in [7, 11) is 1.74. The number of methoxy groups -OCH3 is 1. The van der Waals surface area contributed by atoms with Crippen LogP contribution in [0.15, 0.2) is 0 Å². The van der Waals surface area contributed by atoms with Gasteiger partial charge in [-0.1, -0.05) is 6.92 Å². The van der Waals surface area contributed by atoms with E-state index in [1.807, 2.05) is 0 Å². The van der Waals surface area contributed by atoms with Crippen LogP contribution in [0.25, 0.3) is 0 Å². The van der Waals surface area contributed by atoms with Crippen LogP contribution in [0.1, 0.15) is 26.7 Å². The van der Waals surface area contributed by atoms with Gasteiger partial charge in [0.25, 0.3) is 0 Å². The predicted molar refractivity (Wildman–Crippen MR) is 65.6 cm³/mol. The van der Waals surface area contributed by atoms with Gasteiger partial charge in [0.05, 0.1) is 18.8 Å². The first-order valence-electron chi connectivity index (χ1n) is 6.24. The van der Waals surface area contributed by atoms with Crippen molar-refractivity contribution >= 4 is 0 Å². The lowest BCUT2D eigenvalue weighted by molar-refractivity contribution is 0.0915. The molecule has 96 valence electrons. The van der Waals surface area contributed by atoms with E-state index in [1.165, 1.54) is 12.8 Å². The molecule has 1 fully saturated rings. The molecule has 0 radical (unpaired) electrons. The highest BCUT2D eigenvalue weighted by Crippen LogP contribution is 2.27. The molecule has 4 heteroatoms. The highest BCUT2D eigenvalue weighted by Gasteiger charge is 2.34. The summed E-state index contributed by atoms with van der Waals surface area (Å²) in [6.07, 6.45) is 2.58. The number of nitrogens with zero attached hydrogens (tertiary/aromatic N) is 1. The second-order valence-corrected chi connectivity index (χ2v) is 4.94. The molecule has 0 aromatic carbocycles. The average Bonchev–Trinajstić information content (AvgIpc) is 3.08. The van der Waals surface area contributed by atoms with E-state index >= 15 is 0 Å². The predicted octanol–water partition coefficient (Wildman–Crippen LogP) is 0.458. The monoisotopic (exact) mass is 230 g/mol. The summed E-state index contributed by atoms with van der Waals surface area (Å²) in [5, 5.41) is 12.8. The Kier molecular flexibility index (Phi) is 5.69. The third-order valence-corrected chi connectivity index (χ3v) is 3.15. The summed E-state index contributed by atoms with van der Waals surface area (Å²) in [6.45, 7) is 7.84. The van der Waals surface area contributed by atoms with Crippen molar-refractivity contribution in [2.75, 3.05) is 40.0 Å². The van der Waals surface area contributed by atoms with Crippen molar-refractivity contribution in [2.24, 2.45) is 0 Å². The van der Waals surface area contributed by atoms with Crippen molar-refractivity contribution in [1.29, 1.82) is 0 Å².